The van der Waals surface area contributed by atoms with Gasteiger partial charge >= 0.3 is 0 Å². The van der Waals surface area contributed by atoms with Crippen molar-refractivity contribution in [1.29, 1.82) is 0 Å². The number of rotatable bonds is 9. The van der Waals surface area contributed by atoms with Gasteiger partial charge in [-0.1, -0.05) is 12.1 Å². The van der Waals surface area contributed by atoms with E-state index < -0.39 is 0 Å². The Bertz CT molecular complexity index is 302. The van der Waals surface area contributed by atoms with Crippen LogP contribution in [0.15, 0.2) is 24.3 Å². The van der Waals surface area contributed by atoms with Crippen LogP contribution in [0.5, 0.6) is 5.75 Å². The van der Waals surface area contributed by atoms with Crippen LogP contribution in [-0.2, 0) is 4.74 Å². The largest absolute Gasteiger partial charge is 0.492 e. The Labute approximate surface area is 104 Å². The quantitative estimate of drug-likeness (QED) is 0.669. The van der Waals surface area contributed by atoms with Gasteiger partial charge in [0.1, 0.15) is 12.4 Å². The highest BCUT2D eigenvalue weighted by atomic mass is 16.5. The fourth-order valence-electron chi connectivity index (χ4n) is 1.51. The predicted molar refractivity (Wildman–Crippen MR) is 70.7 cm³/mol. The molecule has 0 fully saturated rings. The third kappa shape index (κ3) is 6.97. The van der Waals surface area contributed by atoms with E-state index >= 15 is 0 Å². The Morgan fingerprint density at radius 2 is 2.06 bits per heavy atom. The topological polar surface area (TPSA) is 30.5 Å². The third-order valence-electron chi connectivity index (χ3n) is 2.38. The highest BCUT2D eigenvalue weighted by Gasteiger charge is 1.93. The van der Waals surface area contributed by atoms with Crippen LogP contribution < -0.4 is 10.1 Å². The van der Waals surface area contributed by atoms with E-state index in [0.717, 1.165) is 38.5 Å². The lowest BCUT2D eigenvalue weighted by molar-refractivity contribution is 0.144. The zero-order valence-corrected chi connectivity index (χ0v) is 10.9. The molecule has 0 aliphatic rings. The smallest absolute Gasteiger partial charge is 0.119 e. The van der Waals surface area contributed by atoms with Gasteiger partial charge in [-0.05, 0) is 44.5 Å². The van der Waals surface area contributed by atoms with Gasteiger partial charge in [0.25, 0.3) is 0 Å². The van der Waals surface area contributed by atoms with Gasteiger partial charge in [-0.3, -0.25) is 0 Å². The van der Waals surface area contributed by atoms with E-state index in [9.17, 15) is 0 Å². The summed E-state index contributed by atoms with van der Waals surface area (Å²) in [5.41, 5.74) is 1.23. The van der Waals surface area contributed by atoms with Crippen molar-refractivity contribution >= 4 is 0 Å². The number of ether oxygens (including phenoxy) is 2. The first-order chi connectivity index (χ1) is 8.33. The van der Waals surface area contributed by atoms with Crippen LogP contribution >= 0.6 is 0 Å². The van der Waals surface area contributed by atoms with E-state index in [0.29, 0.717) is 6.61 Å². The number of nitrogens with one attached hydrogen (secondary N) is 1. The van der Waals surface area contributed by atoms with Gasteiger partial charge in [0.05, 0.1) is 0 Å². The second-order valence-corrected chi connectivity index (χ2v) is 3.97. The van der Waals surface area contributed by atoms with Gasteiger partial charge in [-0.15, -0.1) is 0 Å². The Morgan fingerprint density at radius 3 is 2.82 bits per heavy atom. The molecular formula is C14H23NO2. The molecule has 0 saturated heterocycles. The minimum absolute atomic E-state index is 0.706. The maximum absolute atomic E-state index is 5.62. The van der Waals surface area contributed by atoms with Crippen molar-refractivity contribution in [3.63, 3.8) is 0 Å². The first kappa shape index (κ1) is 14.0. The Morgan fingerprint density at radius 1 is 1.18 bits per heavy atom. The second-order valence-electron chi connectivity index (χ2n) is 3.97. The molecule has 0 radical (unpaired) electrons. The lowest BCUT2D eigenvalue weighted by Gasteiger charge is -2.08. The summed E-state index contributed by atoms with van der Waals surface area (Å²) in [7, 11) is 0. The lowest BCUT2D eigenvalue weighted by atomic mass is 10.2. The maximum Gasteiger partial charge on any atom is 0.119 e. The summed E-state index contributed by atoms with van der Waals surface area (Å²) in [6, 6.07) is 8.12. The van der Waals surface area contributed by atoms with Gasteiger partial charge in [0.2, 0.25) is 0 Å². The lowest BCUT2D eigenvalue weighted by Crippen LogP contribution is -2.23. The van der Waals surface area contributed by atoms with Crippen molar-refractivity contribution in [3.05, 3.63) is 29.8 Å². The molecule has 1 N–H and O–H groups in total. The monoisotopic (exact) mass is 237 g/mol. The minimum Gasteiger partial charge on any atom is -0.492 e. The summed E-state index contributed by atoms with van der Waals surface area (Å²) in [4.78, 5) is 0. The molecule has 0 bridgehead atoms. The van der Waals surface area contributed by atoms with E-state index in [1.165, 1.54) is 5.56 Å². The van der Waals surface area contributed by atoms with E-state index in [-0.39, 0.29) is 0 Å². The van der Waals surface area contributed by atoms with E-state index in [2.05, 4.69) is 24.4 Å². The van der Waals surface area contributed by atoms with Crippen molar-refractivity contribution in [2.75, 3.05) is 32.9 Å². The van der Waals surface area contributed by atoms with Crippen LogP contribution in [0.25, 0.3) is 0 Å². The molecule has 1 aromatic carbocycles. The van der Waals surface area contributed by atoms with Crippen molar-refractivity contribution in [2.45, 2.75) is 20.3 Å². The molecule has 1 rings (SSSR count). The average Bonchev–Trinajstić information content (AvgIpc) is 2.33. The fraction of sp³-hybridized carbons (Fsp3) is 0.571. The Hall–Kier alpha value is -1.06. The average molecular weight is 237 g/mol. The SMILES string of the molecule is CCOCCCNCCOc1cccc(C)c1. The number of aryl methyl sites for hydroxylation is 1. The molecule has 0 spiro atoms. The molecule has 0 atom stereocenters. The summed E-state index contributed by atoms with van der Waals surface area (Å²) >= 11 is 0. The van der Waals surface area contributed by atoms with Gasteiger partial charge in [0.15, 0.2) is 0 Å². The molecular weight excluding hydrogens is 214 g/mol. The molecule has 0 aliphatic heterocycles. The highest BCUT2D eigenvalue weighted by Crippen LogP contribution is 2.11. The van der Waals surface area contributed by atoms with E-state index in [4.69, 9.17) is 9.47 Å². The molecule has 1 aromatic rings. The Kier molecular flexibility index (Phi) is 7.43. The first-order valence-corrected chi connectivity index (χ1v) is 6.31. The zero-order valence-electron chi connectivity index (χ0n) is 10.9. The Balaban J connectivity index is 1.97. The maximum atomic E-state index is 5.62. The number of hydrogen-bond acceptors (Lipinski definition) is 3. The van der Waals surface area contributed by atoms with Crippen LogP contribution in [0.3, 0.4) is 0 Å². The van der Waals surface area contributed by atoms with Crippen LogP contribution in [-0.4, -0.2) is 32.9 Å². The molecule has 0 amide bonds. The highest BCUT2D eigenvalue weighted by molar-refractivity contribution is 5.27. The normalized spacial score (nSPS) is 10.5. The summed E-state index contributed by atoms with van der Waals surface area (Å²) in [6.45, 7) is 8.29. The van der Waals surface area contributed by atoms with Gasteiger partial charge < -0.3 is 14.8 Å². The minimum atomic E-state index is 0.706. The number of hydrogen-bond donors (Lipinski definition) is 1. The second kappa shape index (κ2) is 9.02. The fourth-order valence-corrected chi connectivity index (χ4v) is 1.51. The molecule has 0 aromatic heterocycles. The van der Waals surface area contributed by atoms with Crippen molar-refractivity contribution < 1.29 is 9.47 Å². The van der Waals surface area contributed by atoms with Gasteiger partial charge in [-0.25, -0.2) is 0 Å². The first-order valence-electron chi connectivity index (χ1n) is 6.31. The van der Waals surface area contributed by atoms with Gasteiger partial charge in [0, 0.05) is 19.8 Å². The number of benzene rings is 1. The third-order valence-corrected chi connectivity index (χ3v) is 2.38. The standard InChI is InChI=1S/C14H23NO2/c1-3-16-10-5-8-15-9-11-17-14-7-4-6-13(2)12-14/h4,6-7,12,15H,3,5,8-11H2,1-2H3. The molecule has 17 heavy (non-hydrogen) atoms. The molecule has 0 heterocycles. The van der Waals surface area contributed by atoms with Crippen LogP contribution in [0.1, 0.15) is 18.9 Å². The van der Waals surface area contributed by atoms with Crippen LogP contribution in [0.4, 0.5) is 0 Å². The van der Waals surface area contributed by atoms with E-state index in [1.54, 1.807) is 0 Å². The zero-order chi connectivity index (χ0) is 12.3. The van der Waals surface area contributed by atoms with Crippen LogP contribution in [0, 0.1) is 6.92 Å². The summed E-state index contributed by atoms with van der Waals surface area (Å²) in [6.07, 6.45) is 1.05. The van der Waals surface area contributed by atoms with Gasteiger partial charge in [-0.2, -0.15) is 0 Å². The molecule has 3 nitrogen and oxygen atoms in total. The molecule has 0 saturated carbocycles. The predicted octanol–water partition coefficient (Wildman–Crippen LogP) is 2.39. The van der Waals surface area contributed by atoms with Crippen molar-refractivity contribution in [1.82, 2.24) is 5.32 Å². The van der Waals surface area contributed by atoms with Crippen molar-refractivity contribution in [3.8, 4) is 5.75 Å². The molecule has 0 aliphatic carbocycles. The van der Waals surface area contributed by atoms with E-state index in [1.807, 2.05) is 19.1 Å². The van der Waals surface area contributed by atoms with Crippen molar-refractivity contribution in [2.24, 2.45) is 0 Å². The summed E-state index contributed by atoms with van der Waals surface area (Å²) < 4.78 is 10.9. The summed E-state index contributed by atoms with van der Waals surface area (Å²) in [5, 5.41) is 3.32. The molecule has 3 heteroatoms. The summed E-state index contributed by atoms with van der Waals surface area (Å²) in [5.74, 6) is 0.945. The molecule has 0 unspecified atom stereocenters. The molecule has 96 valence electrons. The van der Waals surface area contributed by atoms with Crippen LogP contribution in [0.2, 0.25) is 0 Å².